The average Bonchev–Trinajstić information content (AvgIpc) is 3.30. The zero-order valence-electron chi connectivity index (χ0n) is 19.8. The Morgan fingerprint density at radius 1 is 1.03 bits per heavy atom. The molecule has 1 heterocycles. The monoisotopic (exact) mass is 505 g/mol. The lowest BCUT2D eigenvalue weighted by Crippen LogP contribution is -2.29. The highest BCUT2D eigenvalue weighted by Gasteiger charge is 2.16. The molecule has 7 nitrogen and oxygen atoms in total. The van der Waals surface area contributed by atoms with Gasteiger partial charge >= 0.3 is 6.03 Å². The summed E-state index contributed by atoms with van der Waals surface area (Å²) in [6.07, 6.45) is 2.02. The number of nitrogens with one attached hydrogen (secondary N) is 2. The smallest absolute Gasteiger partial charge is 0.319 e. The molecule has 0 aliphatic rings. The van der Waals surface area contributed by atoms with E-state index >= 15 is 0 Å². The van der Waals surface area contributed by atoms with E-state index in [-0.39, 0.29) is 12.6 Å². The Morgan fingerprint density at radius 3 is 2.51 bits per heavy atom. The van der Waals surface area contributed by atoms with E-state index in [2.05, 4.69) is 26.9 Å². The highest BCUT2D eigenvalue weighted by molar-refractivity contribution is 7.98. The van der Waals surface area contributed by atoms with Gasteiger partial charge in [0.15, 0.2) is 11.0 Å². The van der Waals surface area contributed by atoms with Crippen molar-refractivity contribution in [2.45, 2.75) is 29.3 Å². The molecule has 3 aromatic carbocycles. The zero-order chi connectivity index (χ0) is 24.6. The molecule has 35 heavy (non-hydrogen) atoms. The van der Waals surface area contributed by atoms with Crippen molar-refractivity contribution >= 4 is 35.2 Å². The molecule has 0 saturated heterocycles. The van der Waals surface area contributed by atoms with Gasteiger partial charge in [-0.25, -0.2) is 4.79 Å². The van der Waals surface area contributed by atoms with Crippen LogP contribution in [-0.4, -0.2) is 34.2 Å². The Kier molecular flexibility index (Phi) is 8.33. The van der Waals surface area contributed by atoms with Crippen LogP contribution in [0.5, 0.6) is 5.75 Å². The number of carbonyl (C=O) groups is 1. The molecule has 2 N–H and O–H groups in total. The third-order valence-electron chi connectivity index (χ3n) is 5.25. The van der Waals surface area contributed by atoms with Crippen molar-refractivity contribution in [2.24, 2.45) is 0 Å². The molecular formula is C26H27N5O2S2. The van der Waals surface area contributed by atoms with Gasteiger partial charge < -0.3 is 15.4 Å². The number of hydrogen-bond acceptors (Lipinski definition) is 6. The van der Waals surface area contributed by atoms with Crippen LogP contribution in [0.15, 0.2) is 82.8 Å². The van der Waals surface area contributed by atoms with Crippen LogP contribution in [0.2, 0.25) is 0 Å². The van der Waals surface area contributed by atoms with E-state index in [1.807, 2.05) is 84.5 Å². The van der Waals surface area contributed by atoms with E-state index in [1.54, 1.807) is 30.6 Å². The number of ether oxygens (including phenoxy) is 1. The van der Waals surface area contributed by atoms with Crippen molar-refractivity contribution in [2.75, 3.05) is 18.7 Å². The third kappa shape index (κ3) is 6.58. The van der Waals surface area contributed by atoms with Crippen LogP contribution in [0.3, 0.4) is 0 Å². The molecule has 1 aromatic heterocycles. The maximum absolute atomic E-state index is 12.5. The zero-order valence-corrected chi connectivity index (χ0v) is 21.5. The van der Waals surface area contributed by atoms with Crippen LogP contribution >= 0.6 is 23.5 Å². The molecule has 2 amide bonds. The summed E-state index contributed by atoms with van der Waals surface area (Å²) in [6.45, 7) is 2.28. The van der Waals surface area contributed by atoms with Gasteiger partial charge in [0.05, 0.1) is 13.7 Å². The maximum Gasteiger partial charge on any atom is 0.319 e. The summed E-state index contributed by atoms with van der Waals surface area (Å²) < 4.78 is 7.32. The molecule has 0 radical (unpaired) electrons. The van der Waals surface area contributed by atoms with Gasteiger partial charge in [0.2, 0.25) is 0 Å². The highest BCUT2D eigenvalue weighted by Crippen LogP contribution is 2.27. The first kappa shape index (κ1) is 24.7. The number of methoxy groups -OCH3 is 1. The first-order chi connectivity index (χ1) is 17.1. The first-order valence-corrected chi connectivity index (χ1v) is 13.2. The minimum atomic E-state index is -0.300. The molecule has 0 aliphatic heterocycles. The minimum absolute atomic E-state index is 0.231. The van der Waals surface area contributed by atoms with E-state index in [0.717, 1.165) is 32.7 Å². The second kappa shape index (κ2) is 11.8. The lowest BCUT2D eigenvalue weighted by molar-refractivity contribution is 0.251. The normalized spacial score (nSPS) is 10.7. The Bertz CT molecular complexity index is 1270. The number of amides is 2. The van der Waals surface area contributed by atoms with Crippen LogP contribution in [-0.2, 0) is 12.3 Å². The molecule has 0 saturated carbocycles. The summed E-state index contributed by atoms with van der Waals surface area (Å²) in [4.78, 5) is 13.6. The maximum atomic E-state index is 12.5. The van der Waals surface area contributed by atoms with Crippen molar-refractivity contribution in [3.05, 3.63) is 89.7 Å². The van der Waals surface area contributed by atoms with Gasteiger partial charge in [-0.05, 0) is 67.3 Å². The summed E-state index contributed by atoms with van der Waals surface area (Å²) in [5.74, 6) is 2.18. The van der Waals surface area contributed by atoms with Crippen LogP contribution in [0.4, 0.5) is 10.5 Å². The first-order valence-electron chi connectivity index (χ1n) is 11.0. The fourth-order valence-electron chi connectivity index (χ4n) is 3.38. The van der Waals surface area contributed by atoms with Crippen molar-refractivity contribution in [1.29, 1.82) is 0 Å². The number of benzene rings is 3. The molecule has 0 aliphatic carbocycles. The Labute approximate surface area is 213 Å². The molecule has 0 spiro atoms. The van der Waals surface area contributed by atoms with E-state index in [9.17, 15) is 4.79 Å². The van der Waals surface area contributed by atoms with Gasteiger partial charge in [0.1, 0.15) is 5.75 Å². The summed E-state index contributed by atoms with van der Waals surface area (Å²) in [5, 5.41) is 15.3. The van der Waals surface area contributed by atoms with Gasteiger partial charge in [0, 0.05) is 22.0 Å². The summed E-state index contributed by atoms with van der Waals surface area (Å²) in [5.41, 5.74) is 3.96. The fraction of sp³-hybridized carbons (Fsp3) is 0.192. The largest absolute Gasteiger partial charge is 0.497 e. The van der Waals surface area contributed by atoms with Crippen molar-refractivity contribution in [3.63, 3.8) is 0 Å². The van der Waals surface area contributed by atoms with Crippen LogP contribution in [0.1, 0.15) is 17.0 Å². The molecule has 4 rings (SSSR count). The molecule has 0 bridgehead atoms. The van der Waals surface area contributed by atoms with E-state index in [4.69, 9.17) is 4.74 Å². The number of aryl methyl sites for hydroxylation is 1. The van der Waals surface area contributed by atoms with Crippen LogP contribution in [0.25, 0.3) is 5.69 Å². The van der Waals surface area contributed by atoms with Gasteiger partial charge in [0.25, 0.3) is 0 Å². The number of nitrogens with zero attached hydrogens (tertiary/aromatic N) is 3. The summed E-state index contributed by atoms with van der Waals surface area (Å²) in [6, 6.07) is 23.5. The van der Waals surface area contributed by atoms with Gasteiger partial charge in [-0.2, -0.15) is 0 Å². The number of urea groups is 1. The van der Waals surface area contributed by atoms with Gasteiger partial charge in [-0.3, -0.25) is 4.57 Å². The van der Waals surface area contributed by atoms with Crippen LogP contribution in [0, 0.1) is 6.92 Å². The number of anilines is 1. The second-order valence-corrected chi connectivity index (χ2v) is 9.57. The Balaban J connectivity index is 1.49. The summed E-state index contributed by atoms with van der Waals surface area (Å²) >= 11 is 3.24. The molecule has 9 heteroatoms. The molecule has 180 valence electrons. The number of rotatable bonds is 9. The summed E-state index contributed by atoms with van der Waals surface area (Å²) in [7, 11) is 1.66. The average molecular weight is 506 g/mol. The van der Waals surface area contributed by atoms with Crippen molar-refractivity contribution in [3.8, 4) is 11.4 Å². The van der Waals surface area contributed by atoms with E-state index < -0.39 is 0 Å². The molecule has 0 fully saturated rings. The Morgan fingerprint density at radius 2 is 1.80 bits per heavy atom. The van der Waals surface area contributed by atoms with E-state index in [0.29, 0.717) is 11.6 Å². The number of hydrogen-bond donors (Lipinski definition) is 2. The number of carbonyl (C=O) groups excluding carboxylic acids is 1. The number of aromatic nitrogens is 3. The molecule has 0 atom stereocenters. The SMILES string of the molecule is COc1cccc(CSc2nnc(CNC(=O)Nc3ccc(SC)cc3)n2-c2ccc(C)cc2)c1. The standard InChI is InChI=1S/C26H27N5O2S2/c1-18-7-11-21(12-8-18)31-24(16-27-25(32)28-20-9-13-23(34-3)14-10-20)29-30-26(31)35-17-19-5-4-6-22(15-19)33-2/h4-15H,16-17H2,1-3H3,(H2,27,28,32). The van der Waals surface area contributed by atoms with Gasteiger partial charge in [-0.15, -0.1) is 22.0 Å². The lowest BCUT2D eigenvalue weighted by Gasteiger charge is -2.12. The van der Waals surface area contributed by atoms with Crippen LogP contribution < -0.4 is 15.4 Å². The predicted molar refractivity (Wildman–Crippen MR) is 143 cm³/mol. The quantitative estimate of drug-likeness (QED) is 0.275. The third-order valence-corrected chi connectivity index (χ3v) is 6.99. The van der Waals surface area contributed by atoms with Crippen molar-refractivity contribution in [1.82, 2.24) is 20.1 Å². The van der Waals surface area contributed by atoms with Gasteiger partial charge in [-0.1, -0.05) is 41.6 Å². The molecule has 4 aromatic rings. The fourth-order valence-corrected chi connectivity index (χ4v) is 4.70. The minimum Gasteiger partial charge on any atom is -0.497 e. The molecular weight excluding hydrogens is 478 g/mol. The molecule has 0 unspecified atom stereocenters. The highest BCUT2D eigenvalue weighted by atomic mass is 32.2. The van der Waals surface area contributed by atoms with E-state index in [1.165, 1.54) is 5.56 Å². The topological polar surface area (TPSA) is 81.1 Å². The number of thioether (sulfide) groups is 2. The lowest BCUT2D eigenvalue weighted by atomic mass is 10.2. The Hall–Kier alpha value is -3.43. The predicted octanol–water partition coefficient (Wildman–Crippen LogP) is 5.92. The van der Waals surface area contributed by atoms with Crippen molar-refractivity contribution < 1.29 is 9.53 Å². The second-order valence-electron chi connectivity index (χ2n) is 7.75.